The number of imide groups is 1. The average molecular weight is 351 g/mol. The van der Waals surface area contributed by atoms with Gasteiger partial charge in [0.1, 0.15) is 0 Å². The summed E-state index contributed by atoms with van der Waals surface area (Å²) >= 11 is 3.37. The van der Waals surface area contributed by atoms with Crippen molar-refractivity contribution in [1.82, 2.24) is 4.90 Å². The van der Waals surface area contributed by atoms with Gasteiger partial charge in [-0.25, -0.2) is 4.90 Å². The van der Waals surface area contributed by atoms with E-state index in [9.17, 15) is 9.59 Å². The van der Waals surface area contributed by atoms with Crippen LogP contribution in [0.2, 0.25) is 0 Å². The van der Waals surface area contributed by atoms with Crippen molar-refractivity contribution in [2.24, 2.45) is 5.92 Å². The number of hydrogen-bond donors (Lipinski definition) is 0. The molecule has 0 bridgehead atoms. The molecule has 0 aromatic heterocycles. The number of likely N-dealkylation sites (tertiary alicyclic amines) is 1. The van der Waals surface area contributed by atoms with Gasteiger partial charge in [0.2, 0.25) is 5.91 Å². The number of halogens is 1. The summed E-state index contributed by atoms with van der Waals surface area (Å²) in [5, 5.41) is 0. The van der Waals surface area contributed by atoms with Crippen LogP contribution in [0.3, 0.4) is 0 Å². The molecule has 2 aliphatic rings. The largest absolute Gasteiger partial charge is 0.291 e. The molecule has 2 aliphatic heterocycles. The van der Waals surface area contributed by atoms with Crippen LogP contribution in [-0.4, -0.2) is 35.8 Å². The molecule has 0 saturated carbocycles. The lowest BCUT2D eigenvalue weighted by Gasteiger charge is -2.34. The smallest absolute Gasteiger partial charge is 0.251 e. The molecule has 5 heteroatoms. The molecule has 0 spiro atoms. The van der Waals surface area contributed by atoms with Crippen molar-refractivity contribution < 1.29 is 9.59 Å². The van der Waals surface area contributed by atoms with E-state index < -0.39 is 0 Å². The van der Waals surface area contributed by atoms with Gasteiger partial charge in [-0.3, -0.25) is 14.5 Å². The molecular formula is C16H19BrN2O2. The molecule has 1 aromatic carbocycles. The first-order chi connectivity index (χ1) is 10.1. The van der Waals surface area contributed by atoms with Crippen molar-refractivity contribution in [2.75, 3.05) is 18.0 Å². The Kier molecular flexibility index (Phi) is 4.13. The van der Waals surface area contributed by atoms with Crippen molar-refractivity contribution in [3.63, 3.8) is 0 Å². The van der Waals surface area contributed by atoms with Crippen LogP contribution in [0.25, 0.3) is 0 Å². The lowest BCUT2D eigenvalue weighted by Crippen LogP contribution is -2.46. The molecular weight excluding hydrogens is 332 g/mol. The number of anilines is 1. The maximum Gasteiger partial charge on any atom is 0.251 e. The Labute approximate surface area is 133 Å². The fourth-order valence-corrected chi connectivity index (χ4v) is 3.54. The summed E-state index contributed by atoms with van der Waals surface area (Å²) in [5.41, 5.74) is 0.667. The van der Waals surface area contributed by atoms with Crippen LogP contribution < -0.4 is 4.90 Å². The standard InChI is InChI=1S/C16H19BrN2O2/c1-11-3-2-8-18(10-11)14-9-15(20)19(16(14)21)13-6-4-12(17)5-7-13/h4-7,11,14H,2-3,8-10H2,1H3/t11-,14-/m1/s1. The fourth-order valence-electron chi connectivity index (χ4n) is 3.27. The monoisotopic (exact) mass is 350 g/mol. The average Bonchev–Trinajstić information content (AvgIpc) is 2.75. The summed E-state index contributed by atoms with van der Waals surface area (Å²) in [5.74, 6) is 0.436. The highest BCUT2D eigenvalue weighted by Gasteiger charge is 2.43. The third-order valence-electron chi connectivity index (χ3n) is 4.34. The zero-order chi connectivity index (χ0) is 15.0. The second kappa shape index (κ2) is 5.89. The van der Waals surface area contributed by atoms with Crippen LogP contribution in [0.1, 0.15) is 26.2 Å². The Morgan fingerprint density at radius 2 is 1.90 bits per heavy atom. The summed E-state index contributed by atoms with van der Waals surface area (Å²) < 4.78 is 0.937. The van der Waals surface area contributed by atoms with Gasteiger partial charge in [-0.2, -0.15) is 0 Å². The van der Waals surface area contributed by atoms with Crippen LogP contribution in [0.4, 0.5) is 5.69 Å². The Hall–Kier alpha value is -1.20. The number of nitrogens with zero attached hydrogens (tertiary/aromatic N) is 2. The topological polar surface area (TPSA) is 40.6 Å². The molecule has 3 rings (SSSR count). The molecule has 2 amide bonds. The van der Waals surface area contributed by atoms with Gasteiger partial charge >= 0.3 is 0 Å². The Morgan fingerprint density at radius 1 is 1.19 bits per heavy atom. The van der Waals surface area contributed by atoms with E-state index in [2.05, 4.69) is 27.8 Å². The van der Waals surface area contributed by atoms with Crippen LogP contribution in [0.15, 0.2) is 28.7 Å². The molecule has 2 saturated heterocycles. The second-order valence-corrected chi connectivity index (χ2v) is 6.92. The van der Waals surface area contributed by atoms with Crippen molar-refractivity contribution in [3.8, 4) is 0 Å². The number of amides is 2. The van der Waals surface area contributed by atoms with Crippen LogP contribution >= 0.6 is 15.9 Å². The highest BCUT2D eigenvalue weighted by Crippen LogP contribution is 2.29. The molecule has 0 unspecified atom stereocenters. The first-order valence-corrected chi connectivity index (χ1v) is 8.22. The summed E-state index contributed by atoms with van der Waals surface area (Å²) in [7, 11) is 0. The van der Waals surface area contributed by atoms with Gasteiger partial charge < -0.3 is 0 Å². The Bertz CT molecular complexity index is 558. The maximum absolute atomic E-state index is 12.7. The van der Waals surface area contributed by atoms with Crippen LogP contribution in [-0.2, 0) is 9.59 Å². The predicted octanol–water partition coefficient (Wildman–Crippen LogP) is 2.81. The van der Waals surface area contributed by atoms with Crippen molar-refractivity contribution in [1.29, 1.82) is 0 Å². The van der Waals surface area contributed by atoms with E-state index >= 15 is 0 Å². The normalized spacial score (nSPS) is 27.4. The van der Waals surface area contributed by atoms with Gasteiger partial charge in [-0.15, -0.1) is 0 Å². The van der Waals surface area contributed by atoms with E-state index in [1.807, 2.05) is 12.1 Å². The van der Waals surface area contributed by atoms with Gasteiger partial charge in [0.05, 0.1) is 18.2 Å². The molecule has 2 atom stereocenters. The second-order valence-electron chi connectivity index (χ2n) is 6.01. The van der Waals surface area contributed by atoms with Gasteiger partial charge in [0.25, 0.3) is 5.91 Å². The van der Waals surface area contributed by atoms with E-state index in [-0.39, 0.29) is 17.9 Å². The molecule has 0 N–H and O–H groups in total. The van der Waals surface area contributed by atoms with E-state index in [1.165, 1.54) is 11.3 Å². The van der Waals surface area contributed by atoms with Crippen molar-refractivity contribution in [3.05, 3.63) is 28.7 Å². The first kappa shape index (κ1) is 14.7. The van der Waals surface area contributed by atoms with Gasteiger partial charge in [-0.05, 0) is 49.6 Å². The van der Waals surface area contributed by atoms with Crippen LogP contribution in [0, 0.1) is 5.92 Å². The summed E-state index contributed by atoms with van der Waals surface area (Å²) in [6.45, 7) is 4.04. The number of benzene rings is 1. The molecule has 21 heavy (non-hydrogen) atoms. The van der Waals surface area contributed by atoms with E-state index in [0.717, 1.165) is 24.0 Å². The first-order valence-electron chi connectivity index (χ1n) is 7.42. The third kappa shape index (κ3) is 2.90. The number of carbonyl (C=O) groups excluding carboxylic acids is 2. The SMILES string of the molecule is C[C@@H]1CCCN([C@@H]2CC(=O)N(c3ccc(Br)cc3)C2=O)C1. The van der Waals surface area contributed by atoms with Crippen molar-refractivity contribution >= 4 is 33.4 Å². The summed E-state index contributed by atoms with van der Waals surface area (Å²) in [4.78, 5) is 28.5. The van der Waals surface area contributed by atoms with Gasteiger partial charge in [0.15, 0.2) is 0 Å². The molecule has 2 heterocycles. The highest BCUT2D eigenvalue weighted by molar-refractivity contribution is 9.10. The quantitative estimate of drug-likeness (QED) is 0.770. The molecule has 0 aliphatic carbocycles. The van der Waals surface area contributed by atoms with E-state index in [1.54, 1.807) is 12.1 Å². The zero-order valence-electron chi connectivity index (χ0n) is 12.1. The summed E-state index contributed by atoms with van der Waals surface area (Å²) in [6.07, 6.45) is 2.63. The minimum absolute atomic E-state index is 0.0728. The van der Waals surface area contributed by atoms with Gasteiger partial charge in [-0.1, -0.05) is 22.9 Å². The van der Waals surface area contributed by atoms with Gasteiger partial charge in [0, 0.05) is 11.0 Å². The molecule has 4 nitrogen and oxygen atoms in total. The third-order valence-corrected chi connectivity index (χ3v) is 4.87. The lowest BCUT2D eigenvalue weighted by atomic mass is 9.98. The number of piperidine rings is 1. The summed E-state index contributed by atoms with van der Waals surface area (Å²) in [6, 6.07) is 7.05. The minimum Gasteiger partial charge on any atom is -0.291 e. The van der Waals surface area contributed by atoms with E-state index in [0.29, 0.717) is 18.0 Å². The number of rotatable bonds is 2. The number of carbonyl (C=O) groups is 2. The molecule has 0 radical (unpaired) electrons. The Morgan fingerprint density at radius 3 is 2.57 bits per heavy atom. The van der Waals surface area contributed by atoms with Crippen molar-refractivity contribution in [2.45, 2.75) is 32.2 Å². The zero-order valence-corrected chi connectivity index (χ0v) is 13.7. The molecule has 112 valence electrons. The highest BCUT2D eigenvalue weighted by atomic mass is 79.9. The lowest BCUT2D eigenvalue weighted by molar-refractivity contribution is -0.123. The minimum atomic E-state index is -0.274. The predicted molar refractivity (Wildman–Crippen MR) is 85.0 cm³/mol. The number of hydrogen-bond acceptors (Lipinski definition) is 3. The fraction of sp³-hybridized carbons (Fsp3) is 0.500. The molecule has 2 fully saturated rings. The van der Waals surface area contributed by atoms with Crippen LogP contribution in [0.5, 0.6) is 0 Å². The maximum atomic E-state index is 12.7. The molecule has 1 aromatic rings. The Balaban J connectivity index is 1.80. The van der Waals surface area contributed by atoms with E-state index in [4.69, 9.17) is 0 Å².